The number of fused-ring (bicyclic) bond motifs is 3. The molecule has 0 saturated carbocycles. The standard InChI is InChI=1S/C24H24N4OS/c29-24-22-20-10-9-19(26-13-11-18-8-4-5-12-25-18)14-21(20)30-23(22)27-16-28(24)15-17-6-2-1-3-7-17/h1-8,12,16,19,26H,9-11,13-15H2. The van der Waals surface area contributed by atoms with Gasteiger partial charge in [0.2, 0.25) is 0 Å². The number of rotatable bonds is 6. The summed E-state index contributed by atoms with van der Waals surface area (Å²) in [6.07, 6.45) is 7.43. The Hall–Kier alpha value is -2.83. The molecule has 30 heavy (non-hydrogen) atoms. The molecule has 0 amide bonds. The van der Waals surface area contributed by atoms with Crippen molar-refractivity contribution in [3.8, 4) is 0 Å². The first-order valence-electron chi connectivity index (χ1n) is 10.4. The van der Waals surface area contributed by atoms with E-state index in [0.29, 0.717) is 12.6 Å². The quantitative estimate of drug-likeness (QED) is 0.522. The predicted octanol–water partition coefficient (Wildman–Crippen LogP) is 3.59. The van der Waals surface area contributed by atoms with Crippen LogP contribution in [0.1, 0.15) is 28.1 Å². The van der Waals surface area contributed by atoms with Crippen LogP contribution in [0.25, 0.3) is 10.2 Å². The van der Waals surface area contributed by atoms with Gasteiger partial charge >= 0.3 is 0 Å². The van der Waals surface area contributed by atoms with E-state index in [1.54, 1.807) is 22.2 Å². The maximum absolute atomic E-state index is 13.2. The molecule has 5 rings (SSSR count). The first-order valence-corrected chi connectivity index (χ1v) is 11.3. The zero-order valence-electron chi connectivity index (χ0n) is 16.8. The lowest BCUT2D eigenvalue weighted by atomic mass is 9.93. The van der Waals surface area contributed by atoms with Crippen molar-refractivity contribution in [1.29, 1.82) is 0 Å². The largest absolute Gasteiger partial charge is 0.313 e. The second kappa shape index (κ2) is 8.50. The Morgan fingerprint density at radius 2 is 1.97 bits per heavy atom. The lowest BCUT2D eigenvalue weighted by molar-refractivity contribution is 0.465. The molecule has 1 aliphatic carbocycles. The first kappa shape index (κ1) is 19.2. The summed E-state index contributed by atoms with van der Waals surface area (Å²) in [4.78, 5) is 24.4. The van der Waals surface area contributed by atoms with Crippen molar-refractivity contribution < 1.29 is 0 Å². The molecule has 3 aromatic heterocycles. The fraction of sp³-hybridized carbons (Fsp3) is 0.292. The van der Waals surface area contributed by atoms with Crippen LogP contribution in [0.3, 0.4) is 0 Å². The number of nitrogens with zero attached hydrogens (tertiary/aromatic N) is 3. The normalized spacial score (nSPS) is 15.9. The highest BCUT2D eigenvalue weighted by atomic mass is 32.1. The van der Waals surface area contributed by atoms with Gasteiger partial charge in [-0.25, -0.2) is 4.98 Å². The second-order valence-electron chi connectivity index (χ2n) is 7.81. The summed E-state index contributed by atoms with van der Waals surface area (Å²) >= 11 is 1.69. The number of benzene rings is 1. The Labute approximate surface area is 179 Å². The Morgan fingerprint density at radius 1 is 1.10 bits per heavy atom. The van der Waals surface area contributed by atoms with Gasteiger partial charge < -0.3 is 5.32 Å². The maximum atomic E-state index is 13.2. The summed E-state index contributed by atoms with van der Waals surface area (Å²) < 4.78 is 1.74. The fourth-order valence-corrected chi connectivity index (χ4v) is 5.48. The van der Waals surface area contributed by atoms with Crippen LogP contribution in [0.2, 0.25) is 0 Å². The second-order valence-corrected chi connectivity index (χ2v) is 8.90. The molecule has 1 aliphatic rings. The van der Waals surface area contributed by atoms with E-state index in [9.17, 15) is 4.79 Å². The predicted molar refractivity (Wildman–Crippen MR) is 121 cm³/mol. The highest BCUT2D eigenvalue weighted by Gasteiger charge is 2.25. The van der Waals surface area contributed by atoms with Crippen LogP contribution in [0.5, 0.6) is 0 Å². The summed E-state index contributed by atoms with van der Waals surface area (Å²) in [5.41, 5.74) is 3.54. The van der Waals surface area contributed by atoms with Crippen molar-refractivity contribution in [3.05, 3.63) is 93.1 Å². The van der Waals surface area contributed by atoms with Gasteiger partial charge in [0.15, 0.2) is 0 Å². The zero-order chi connectivity index (χ0) is 20.3. The van der Waals surface area contributed by atoms with E-state index >= 15 is 0 Å². The summed E-state index contributed by atoms with van der Waals surface area (Å²) in [5.74, 6) is 0. The zero-order valence-corrected chi connectivity index (χ0v) is 17.6. The van der Waals surface area contributed by atoms with Crippen molar-refractivity contribution in [1.82, 2.24) is 19.9 Å². The smallest absolute Gasteiger partial charge is 0.262 e. The number of hydrogen-bond acceptors (Lipinski definition) is 5. The van der Waals surface area contributed by atoms with Crippen LogP contribution < -0.4 is 10.9 Å². The molecule has 5 nitrogen and oxygen atoms in total. The lowest BCUT2D eigenvalue weighted by Crippen LogP contribution is -2.35. The molecular weight excluding hydrogens is 392 g/mol. The molecule has 6 heteroatoms. The van der Waals surface area contributed by atoms with Crippen molar-refractivity contribution >= 4 is 21.6 Å². The SMILES string of the molecule is O=c1c2c3c(sc2ncn1Cc1ccccc1)CC(NCCc1ccccn1)CC3. The molecule has 1 unspecified atom stereocenters. The van der Waals surface area contributed by atoms with Gasteiger partial charge in [-0.2, -0.15) is 0 Å². The average Bonchev–Trinajstić information content (AvgIpc) is 3.16. The van der Waals surface area contributed by atoms with Crippen LogP contribution >= 0.6 is 11.3 Å². The van der Waals surface area contributed by atoms with Gasteiger partial charge in [-0.1, -0.05) is 36.4 Å². The summed E-state index contributed by atoms with van der Waals surface area (Å²) in [7, 11) is 0. The topological polar surface area (TPSA) is 59.8 Å². The van der Waals surface area contributed by atoms with Gasteiger partial charge in [-0.05, 0) is 42.5 Å². The van der Waals surface area contributed by atoms with Gasteiger partial charge in [0.1, 0.15) is 4.83 Å². The van der Waals surface area contributed by atoms with Gasteiger partial charge in [0.25, 0.3) is 5.56 Å². The summed E-state index contributed by atoms with van der Waals surface area (Å²) in [5, 5.41) is 4.51. The lowest BCUT2D eigenvalue weighted by Gasteiger charge is -2.23. The Kier molecular flexibility index (Phi) is 5.43. The molecule has 0 saturated heterocycles. The number of aryl methyl sites for hydroxylation is 1. The van der Waals surface area contributed by atoms with Crippen molar-refractivity contribution in [2.45, 2.75) is 38.3 Å². The molecule has 1 aromatic carbocycles. The van der Waals surface area contributed by atoms with Crippen LogP contribution in [-0.2, 0) is 25.8 Å². The Balaban J connectivity index is 1.32. The number of nitrogens with one attached hydrogen (secondary N) is 1. The Morgan fingerprint density at radius 3 is 2.80 bits per heavy atom. The third-order valence-corrected chi connectivity index (χ3v) is 6.93. The van der Waals surface area contributed by atoms with Crippen molar-refractivity contribution in [3.63, 3.8) is 0 Å². The van der Waals surface area contributed by atoms with E-state index in [0.717, 1.165) is 53.7 Å². The van der Waals surface area contributed by atoms with E-state index in [1.807, 2.05) is 48.7 Å². The maximum Gasteiger partial charge on any atom is 0.262 e. The molecule has 0 spiro atoms. The van der Waals surface area contributed by atoms with Crippen LogP contribution in [-0.4, -0.2) is 27.1 Å². The average molecular weight is 417 g/mol. The minimum atomic E-state index is 0.0860. The van der Waals surface area contributed by atoms with Gasteiger partial charge in [-0.3, -0.25) is 14.3 Å². The number of hydrogen-bond donors (Lipinski definition) is 1. The summed E-state index contributed by atoms with van der Waals surface area (Å²) in [6, 6.07) is 16.6. The molecule has 0 aliphatic heterocycles. The van der Waals surface area contributed by atoms with Crippen LogP contribution in [0.15, 0.2) is 65.8 Å². The number of aromatic nitrogens is 3. The number of pyridine rings is 1. The minimum absolute atomic E-state index is 0.0860. The van der Waals surface area contributed by atoms with E-state index in [4.69, 9.17) is 0 Å². The van der Waals surface area contributed by atoms with Crippen molar-refractivity contribution in [2.75, 3.05) is 6.54 Å². The van der Waals surface area contributed by atoms with Crippen molar-refractivity contribution in [2.24, 2.45) is 0 Å². The molecule has 1 atom stereocenters. The number of thiophene rings is 1. The monoisotopic (exact) mass is 416 g/mol. The summed E-state index contributed by atoms with van der Waals surface area (Å²) in [6.45, 7) is 1.48. The molecular formula is C24H24N4OS. The molecule has 3 heterocycles. The van der Waals surface area contributed by atoms with Gasteiger partial charge in [-0.15, -0.1) is 11.3 Å². The molecule has 152 valence electrons. The van der Waals surface area contributed by atoms with Crippen LogP contribution in [0, 0.1) is 0 Å². The third-order valence-electron chi connectivity index (χ3n) is 5.77. The molecule has 4 aromatic rings. The van der Waals surface area contributed by atoms with Gasteiger partial charge in [0.05, 0.1) is 18.3 Å². The van der Waals surface area contributed by atoms with Crippen LogP contribution in [0.4, 0.5) is 0 Å². The highest BCUT2D eigenvalue weighted by Crippen LogP contribution is 2.33. The Bertz CT molecular complexity index is 1200. The van der Waals surface area contributed by atoms with Gasteiger partial charge in [0, 0.05) is 35.8 Å². The first-order chi connectivity index (χ1) is 14.8. The molecule has 0 fully saturated rings. The third kappa shape index (κ3) is 3.93. The molecule has 0 bridgehead atoms. The molecule has 1 N–H and O–H groups in total. The fourth-order valence-electron chi connectivity index (χ4n) is 4.22. The van der Waals surface area contributed by atoms with E-state index in [1.165, 1.54) is 10.4 Å². The molecule has 0 radical (unpaired) electrons. The van der Waals surface area contributed by atoms with E-state index in [2.05, 4.69) is 21.4 Å². The minimum Gasteiger partial charge on any atom is -0.313 e. The van der Waals surface area contributed by atoms with E-state index < -0.39 is 0 Å². The van der Waals surface area contributed by atoms with E-state index in [-0.39, 0.29) is 5.56 Å². The highest BCUT2D eigenvalue weighted by molar-refractivity contribution is 7.18.